The molecule has 1 atom stereocenters. The summed E-state index contributed by atoms with van der Waals surface area (Å²) >= 11 is 0. The number of nitrogens with zero attached hydrogens (tertiary/aromatic N) is 2. The minimum absolute atomic E-state index is 0.259. The number of nitrogens with one attached hydrogen (secondary N) is 1. The van der Waals surface area contributed by atoms with E-state index in [1.165, 1.54) is 0 Å². The van der Waals surface area contributed by atoms with Gasteiger partial charge in [-0.15, -0.1) is 0 Å². The second kappa shape index (κ2) is 4.88. The summed E-state index contributed by atoms with van der Waals surface area (Å²) in [6, 6.07) is 0. The summed E-state index contributed by atoms with van der Waals surface area (Å²) in [5, 5.41) is 20.7. The van der Waals surface area contributed by atoms with E-state index in [9.17, 15) is 0 Å². The highest BCUT2D eigenvalue weighted by atomic mass is 16.3. The van der Waals surface area contributed by atoms with E-state index in [1.54, 1.807) is 6.20 Å². The van der Waals surface area contributed by atoms with E-state index in [0.29, 0.717) is 5.82 Å². The van der Waals surface area contributed by atoms with Crippen LogP contribution in [0.3, 0.4) is 0 Å². The molecule has 78 valence electrons. The average molecular weight is 197 g/mol. The number of rotatable bonds is 4. The second-order valence-corrected chi connectivity index (χ2v) is 3.16. The van der Waals surface area contributed by atoms with Crippen LogP contribution in [0.25, 0.3) is 0 Å². The molecule has 0 saturated carbocycles. The molecule has 0 fully saturated rings. The Bertz CT molecular complexity index is 304. The lowest BCUT2D eigenvalue weighted by atomic mass is 10.3. The Hall–Kier alpha value is -1.20. The number of hydrogen-bond donors (Lipinski definition) is 3. The number of hydrogen-bond acceptors (Lipinski definition) is 5. The molecule has 0 amide bonds. The summed E-state index contributed by atoms with van der Waals surface area (Å²) in [5.74, 6) is 0.650. The number of anilines is 1. The van der Waals surface area contributed by atoms with Gasteiger partial charge < -0.3 is 15.5 Å². The van der Waals surface area contributed by atoms with Crippen molar-refractivity contribution in [1.82, 2.24) is 9.97 Å². The van der Waals surface area contributed by atoms with Crippen LogP contribution in [0, 0.1) is 13.8 Å². The summed E-state index contributed by atoms with van der Waals surface area (Å²) in [7, 11) is 0. The van der Waals surface area contributed by atoms with E-state index >= 15 is 0 Å². The van der Waals surface area contributed by atoms with E-state index < -0.39 is 6.10 Å². The molecule has 0 spiro atoms. The molecular weight excluding hydrogens is 182 g/mol. The molecule has 0 bridgehead atoms. The van der Waals surface area contributed by atoms with Crippen LogP contribution in [0.2, 0.25) is 0 Å². The molecule has 0 aliphatic carbocycles. The van der Waals surface area contributed by atoms with Gasteiger partial charge in [-0.3, -0.25) is 4.98 Å². The first-order valence-electron chi connectivity index (χ1n) is 4.46. The minimum atomic E-state index is -0.767. The standard InChI is InChI=1S/C9H15N3O2/c1-6-3-10-7(2)9(12-6)11-4-8(14)5-13/h3,8,13-14H,4-5H2,1-2H3,(H,11,12). The minimum Gasteiger partial charge on any atom is -0.394 e. The van der Waals surface area contributed by atoms with Gasteiger partial charge in [0, 0.05) is 12.7 Å². The Balaban J connectivity index is 2.62. The summed E-state index contributed by atoms with van der Waals surface area (Å²) in [6.07, 6.45) is 0.917. The van der Waals surface area contributed by atoms with Crippen molar-refractivity contribution < 1.29 is 10.2 Å². The topological polar surface area (TPSA) is 78.3 Å². The zero-order chi connectivity index (χ0) is 10.6. The van der Waals surface area contributed by atoms with Gasteiger partial charge in [0.1, 0.15) is 5.82 Å². The third kappa shape index (κ3) is 2.93. The van der Waals surface area contributed by atoms with Gasteiger partial charge in [0.2, 0.25) is 0 Å². The zero-order valence-corrected chi connectivity index (χ0v) is 8.36. The highest BCUT2D eigenvalue weighted by molar-refractivity contribution is 5.39. The van der Waals surface area contributed by atoms with Crippen LogP contribution >= 0.6 is 0 Å². The van der Waals surface area contributed by atoms with Crippen LogP contribution in [-0.2, 0) is 0 Å². The van der Waals surface area contributed by atoms with Gasteiger partial charge in [-0.1, -0.05) is 0 Å². The van der Waals surface area contributed by atoms with E-state index in [-0.39, 0.29) is 13.2 Å². The lowest BCUT2D eigenvalue weighted by Gasteiger charge is -2.11. The highest BCUT2D eigenvalue weighted by Crippen LogP contribution is 2.08. The predicted octanol–water partition coefficient (Wildman–Crippen LogP) is -0.141. The maximum absolute atomic E-state index is 9.12. The summed E-state index contributed by atoms with van der Waals surface area (Å²) in [5.41, 5.74) is 1.59. The van der Waals surface area contributed by atoms with Crippen LogP contribution in [0.5, 0.6) is 0 Å². The highest BCUT2D eigenvalue weighted by Gasteiger charge is 2.04. The molecule has 5 nitrogen and oxygen atoms in total. The molecule has 0 aliphatic rings. The molecular formula is C9H15N3O2. The molecule has 1 aromatic rings. The molecule has 14 heavy (non-hydrogen) atoms. The molecule has 1 aromatic heterocycles. The van der Waals surface area contributed by atoms with E-state index in [1.807, 2.05) is 13.8 Å². The van der Waals surface area contributed by atoms with Crippen molar-refractivity contribution in [3.05, 3.63) is 17.6 Å². The quantitative estimate of drug-likeness (QED) is 0.626. The van der Waals surface area contributed by atoms with Crippen molar-refractivity contribution >= 4 is 5.82 Å². The van der Waals surface area contributed by atoms with Crippen molar-refractivity contribution in [2.24, 2.45) is 0 Å². The molecule has 5 heteroatoms. The van der Waals surface area contributed by atoms with Gasteiger partial charge >= 0.3 is 0 Å². The van der Waals surface area contributed by atoms with E-state index in [4.69, 9.17) is 10.2 Å². The SMILES string of the molecule is Cc1cnc(C)c(NCC(O)CO)n1. The van der Waals surface area contributed by atoms with Crippen molar-refractivity contribution in [3.63, 3.8) is 0 Å². The Morgan fingerprint density at radius 1 is 1.50 bits per heavy atom. The second-order valence-electron chi connectivity index (χ2n) is 3.16. The summed E-state index contributed by atoms with van der Waals surface area (Å²) < 4.78 is 0. The fraction of sp³-hybridized carbons (Fsp3) is 0.556. The van der Waals surface area contributed by atoms with Crippen LogP contribution in [0.1, 0.15) is 11.4 Å². The van der Waals surface area contributed by atoms with Gasteiger partial charge in [0.05, 0.1) is 24.1 Å². The number of aryl methyl sites for hydroxylation is 2. The van der Waals surface area contributed by atoms with Crippen molar-refractivity contribution in [1.29, 1.82) is 0 Å². The maximum Gasteiger partial charge on any atom is 0.147 e. The molecule has 0 saturated heterocycles. The largest absolute Gasteiger partial charge is 0.394 e. The van der Waals surface area contributed by atoms with E-state index in [2.05, 4.69) is 15.3 Å². The Morgan fingerprint density at radius 2 is 2.21 bits per heavy atom. The van der Waals surface area contributed by atoms with Gasteiger partial charge in [-0.05, 0) is 13.8 Å². The molecule has 0 aliphatic heterocycles. The van der Waals surface area contributed by atoms with Crippen LogP contribution in [0.4, 0.5) is 5.82 Å². The normalized spacial score (nSPS) is 12.6. The zero-order valence-electron chi connectivity index (χ0n) is 8.36. The van der Waals surface area contributed by atoms with Crippen molar-refractivity contribution in [2.45, 2.75) is 20.0 Å². The van der Waals surface area contributed by atoms with Crippen LogP contribution < -0.4 is 5.32 Å². The average Bonchev–Trinajstić information content (AvgIpc) is 2.19. The maximum atomic E-state index is 9.12. The first-order chi connectivity index (χ1) is 6.63. The number of aliphatic hydroxyl groups is 2. The fourth-order valence-corrected chi connectivity index (χ4v) is 0.984. The van der Waals surface area contributed by atoms with Gasteiger partial charge in [-0.25, -0.2) is 4.98 Å². The number of aromatic nitrogens is 2. The first-order valence-corrected chi connectivity index (χ1v) is 4.46. The smallest absolute Gasteiger partial charge is 0.147 e. The fourth-order valence-electron chi connectivity index (χ4n) is 0.984. The van der Waals surface area contributed by atoms with Crippen molar-refractivity contribution in [3.8, 4) is 0 Å². The monoisotopic (exact) mass is 197 g/mol. The summed E-state index contributed by atoms with van der Waals surface area (Å²) in [6.45, 7) is 3.70. The molecule has 0 radical (unpaired) electrons. The molecule has 1 rings (SSSR count). The lowest BCUT2D eigenvalue weighted by molar-refractivity contribution is 0.105. The Labute approximate surface area is 82.8 Å². The Morgan fingerprint density at radius 3 is 2.86 bits per heavy atom. The number of aliphatic hydroxyl groups excluding tert-OH is 2. The van der Waals surface area contributed by atoms with Gasteiger partial charge in [-0.2, -0.15) is 0 Å². The summed E-state index contributed by atoms with van der Waals surface area (Å²) in [4.78, 5) is 8.33. The third-order valence-corrected chi connectivity index (χ3v) is 1.79. The lowest BCUT2D eigenvalue weighted by Crippen LogP contribution is -2.23. The Kier molecular flexibility index (Phi) is 3.79. The molecule has 3 N–H and O–H groups in total. The molecule has 1 unspecified atom stereocenters. The third-order valence-electron chi connectivity index (χ3n) is 1.79. The van der Waals surface area contributed by atoms with E-state index in [0.717, 1.165) is 11.4 Å². The van der Waals surface area contributed by atoms with Crippen LogP contribution in [0.15, 0.2) is 6.20 Å². The first kappa shape index (κ1) is 10.9. The molecule has 1 heterocycles. The van der Waals surface area contributed by atoms with Crippen LogP contribution in [-0.4, -0.2) is 39.4 Å². The van der Waals surface area contributed by atoms with Gasteiger partial charge in [0.15, 0.2) is 0 Å². The van der Waals surface area contributed by atoms with Gasteiger partial charge in [0.25, 0.3) is 0 Å². The molecule has 0 aromatic carbocycles. The predicted molar refractivity (Wildman–Crippen MR) is 53.1 cm³/mol. The van der Waals surface area contributed by atoms with Crippen molar-refractivity contribution in [2.75, 3.05) is 18.5 Å².